The van der Waals surface area contributed by atoms with Gasteiger partial charge in [-0.1, -0.05) is 30.3 Å². The molecule has 20 rings (SSSR count). The van der Waals surface area contributed by atoms with E-state index in [1.807, 2.05) is 97.7 Å². The third kappa shape index (κ3) is 20.6. The zero-order chi connectivity index (χ0) is 82.4. The van der Waals surface area contributed by atoms with Crippen molar-refractivity contribution in [1.82, 2.24) is 96.3 Å². The molecule has 1 aromatic carbocycles. The van der Waals surface area contributed by atoms with Crippen LogP contribution in [0.3, 0.4) is 0 Å². The van der Waals surface area contributed by atoms with E-state index in [0.29, 0.717) is 40.7 Å². The molecule has 9 aromatic heterocycles. The van der Waals surface area contributed by atoms with Crippen molar-refractivity contribution in [2.75, 3.05) is 113 Å². The SMILES string of the molecule is CN1CCC(C2=C(C#N)C(c3ccccc3C#N)c3cn[nH]c3N2)CC1.CN1CCC(C2=C(C#N)C(c3cccnc3)c3cn[nH]c3N2)CC1.CN1CCC(C2=C(C#N)C(c3ccncc3)c3cn[nH]c3N2)CC1.Cl.Cl.Cl.Cl.Cl.Cl.N#CC1=C(C2CCNCC2)Nc2[nH]ncc2C1c1cccnc1.N#CC1=C(C2CCNCC2)Nc2[nH]ncc2C1c1ccncc1. The number of pyridine rings is 4. The summed E-state index contributed by atoms with van der Waals surface area (Å²) in [4.78, 5) is 23.7. The lowest BCUT2D eigenvalue weighted by atomic mass is 9.78. The Morgan fingerprint density at radius 3 is 0.825 bits per heavy atom. The molecule has 0 saturated carbocycles. The number of hydrogen-bond acceptors (Lipinski definition) is 25. The molecule has 36 heteroatoms. The van der Waals surface area contributed by atoms with Gasteiger partial charge in [0.1, 0.15) is 29.1 Å². The molecule has 10 aliphatic rings. The number of aromatic amines is 5. The number of piperidine rings is 5. The molecule has 30 nitrogen and oxygen atoms in total. The number of nitriles is 6. The molecule has 0 bridgehead atoms. The standard InChI is InChI=1S/C20H20N6.2C18H20N6.2C17H18N6.6ClH/c1-26-8-6-13(7-9-26)19-16(11-22)18(17-12-23-25-20(17)24-19)15-5-3-2-4-14(15)10-21;1-24-8-4-13(5-9-24)17-14(10-19)16(12-2-6-20-7-3-12)15-11-21-23-18(15)22-17;1-24-7-4-12(5-8-24)17-14(9-19)16(13-3-2-6-20-10-13)15-11-21-23-18(15)22-17;18-9-13-15(11-1-5-19-6-2-11)14-10-21-23-17(14)22-16(13)12-3-7-20-8-4-12;18-8-13-15(12-2-1-5-20-9-12)14-10-21-23-17(14)22-16(13)11-3-6-19-7-4-11;;;;;;/h2-5,12-13,18H,6-9H2,1H3,(H2,23,24,25);2-3,6-7,11,13,16H,4-5,8-9H2,1H3,(H2,21,22,23);2-3,6,10-12,16H,4-5,7-8H2,1H3,(H2,21,22,23);1-2,5-6,10,12,15,20H,3-4,7-8H2,(H2,21,22,23);1-2,5,9-11,15,19H,3-4,6-7H2,(H2,21,22,23);6*1H. The van der Waals surface area contributed by atoms with E-state index in [9.17, 15) is 31.6 Å². The molecule has 5 atom stereocenters. The number of nitrogens with zero attached hydrogens (tertiary/aromatic N) is 18. The molecule has 19 heterocycles. The van der Waals surface area contributed by atoms with E-state index < -0.39 is 0 Å². The Hall–Kier alpha value is -12.0. The smallest absolute Gasteiger partial charge is 0.129 e. The number of allylic oxidation sites excluding steroid dienone is 10. The molecule has 10 aliphatic heterocycles. The highest BCUT2D eigenvalue weighted by Gasteiger charge is 2.41. The lowest BCUT2D eigenvalue weighted by Crippen LogP contribution is -2.34. The predicted molar refractivity (Wildman–Crippen MR) is 497 cm³/mol. The van der Waals surface area contributed by atoms with Crippen molar-refractivity contribution < 1.29 is 0 Å². The third-order valence-electron chi connectivity index (χ3n) is 25.1. The molecule has 654 valence electrons. The van der Waals surface area contributed by atoms with Crippen LogP contribution >= 0.6 is 74.4 Å². The number of aromatic nitrogens is 14. The second-order valence-electron chi connectivity index (χ2n) is 32.1. The van der Waals surface area contributed by atoms with Crippen LogP contribution in [0.25, 0.3) is 0 Å². The topological polar surface area (TPSA) is 432 Å². The molecule has 0 radical (unpaired) electrons. The number of rotatable bonds is 10. The average molecular weight is 1820 g/mol. The first-order valence-corrected chi connectivity index (χ1v) is 41.3. The van der Waals surface area contributed by atoms with Crippen LogP contribution in [0.4, 0.5) is 29.1 Å². The Kier molecular flexibility index (Phi) is 34.6. The van der Waals surface area contributed by atoms with Gasteiger partial charge in [0.25, 0.3) is 0 Å². The van der Waals surface area contributed by atoms with Crippen molar-refractivity contribution in [3.63, 3.8) is 0 Å². The van der Waals surface area contributed by atoms with Crippen LogP contribution in [-0.2, 0) is 0 Å². The fourth-order valence-corrected chi connectivity index (χ4v) is 18.7. The van der Waals surface area contributed by atoms with E-state index in [0.717, 1.165) is 265 Å². The van der Waals surface area contributed by atoms with Crippen LogP contribution in [0.1, 0.15) is 155 Å². The largest absolute Gasteiger partial charge is 0.343 e. The zero-order valence-electron chi connectivity index (χ0n) is 69.8. The van der Waals surface area contributed by atoms with E-state index in [1.165, 1.54) is 0 Å². The summed E-state index contributed by atoms with van der Waals surface area (Å²) in [7, 11) is 6.43. The molecule has 12 N–H and O–H groups in total. The van der Waals surface area contributed by atoms with Crippen molar-refractivity contribution in [2.24, 2.45) is 29.6 Å². The molecular formula is C90H102Cl6N30. The second kappa shape index (κ2) is 45.3. The molecule has 0 aliphatic carbocycles. The minimum absolute atomic E-state index is 0. The van der Waals surface area contributed by atoms with Gasteiger partial charge in [-0.2, -0.15) is 57.1 Å². The predicted octanol–water partition coefficient (Wildman–Crippen LogP) is 14.7. The summed E-state index contributed by atoms with van der Waals surface area (Å²) in [6.45, 7) is 10.2. The number of benzene rings is 1. The molecule has 5 fully saturated rings. The lowest BCUT2D eigenvalue weighted by Gasteiger charge is -2.35. The van der Waals surface area contributed by atoms with Gasteiger partial charge in [0.15, 0.2) is 0 Å². The fraction of sp³-hybridized carbons (Fsp3) is 0.367. The molecular weight excluding hydrogens is 1710 g/mol. The van der Waals surface area contributed by atoms with Gasteiger partial charge in [0.2, 0.25) is 0 Å². The van der Waals surface area contributed by atoms with Crippen LogP contribution in [0.2, 0.25) is 0 Å². The van der Waals surface area contributed by atoms with Gasteiger partial charge in [-0.3, -0.25) is 45.4 Å². The summed E-state index contributed by atoms with van der Waals surface area (Å²) >= 11 is 0. The van der Waals surface area contributed by atoms with Crippen molar-refractivity contribution >= 4 is 104 Å². The van der Waals surface area contributed by atoms with Crippen LogP contribution in [0, 0.1) is 97.6 Å². The number of likely N-dealkylation sites (tertiary alicyclic amines) is 3. The third-order valence-corrected chi connectivity index (χ3v) is 25.1. The Bertz CT molecular complexity index is 5430. The van der Waals surface area contributed by atoms with Gasteiger partial charge in [0, 0.05) is 135 Å². The average Bonchev–Trinajstić information content (AvgIpc) is 1.49. The maximum atomic E-state index is 10.0. The van der Waals surface area contributed by atoms with E-state index in [2.05, 4.69) is 180 Å². The van der Waals surface area contributed by atoms with Gasteiger partial charge in [-0.05, 0) is 221 Å². The minimum Gasteiger partial charge on any atom is -0.343 e. The Morgan fingerprint density at radius 1 is 0.278 bits per heavy atom. The fourth-order valence-electron chi connectivity index (χ4n) is 18.7. The summed E-state index contributed by atoms with van der Waals surface area (Å²) in [5, 5.41) is 119. The Morgan fingerprint density at radius 2 is 0.548 bits per heavy atom. The van der Waals surface area contributed by atoms with Gasteiger partial charge < -0.3 is 51.9 Å². The van der Waals surface area contributed by atoms with E-state index >= 15 is 0 Å². The maximum absolute atomic E-state index is 10.0. The summed E-state index contributed by atoms with van der Waals surface area (Å²) in [5.74, 6) is 5.64. The first-order chi connectivity index (χ1) is 59.0. The van der Waals surface area contributed by atoms with E-state index in [-0.39, 0.29) is 104 Å². The number of halogens is 6. The van der Waals surface area contributed by atoms with Crippen molar-refractivity contribution in [2.45, 2.75) is 93.8 Å². The lowest BCUT2D eigenvalue weighted by molar-refractivity contribution is 0.238. The molecule has 10 aromatic rings. The number of anilines is 5. The summed E-state index contributed by atoms with van der Waals surface area (Å²) in [6.07, 6.45) is 33.7. The molecule has 5 unspecified atom stereocenters. The zero-order valence-corrected chi connectivity index (χ0v) is 74.7. The summed E-state index contributed by atoms with van der Waals surface area (Å²) in [5.41, 5.74) is 19.7. The number of hydrogen-bond donors (Lipinski definition) is 12. The van der Waals surface area contributed by atoms with Crippen LogP contribution in [-0.4, -0.2) is 172 Å². The highest BCUT2D eigenvalue weighted by atomic mass is 35.5. The first-order valence-electron chi connectivity index (χ1n) is 41.3. The molecule has 0 amide bonds. The Balaban J connectivity index is 0.000000163. The van der Waals surface area contributed by atoms with E-state index in [1.54, 1.807) is 55.6 Å². The maximum Gasteiger partial charge on any atom is 0.129 e. The number of fused-ring (bicyclic) bond motifs is 5. The van der Waals surface area contributed by atoms with Gasteiger partial charge >= 0.3 is 0 Å². The summed E-state index contributed by atoms with van der Waals surface area (Å²) in [6, 6.07) is 37.9. The highest BCUT2D eigenvalue weighted by molar-refractivity contribution is 5.86. The number of H-pyrrole nitrogens is 5. The quantitative estimate of drug-likeness (QED) is 0.0605. The second-order valence-corrected chi connectivity index (χ2v) is 32.1. The van der Waals surface area contributed by atoms with Crippen LogP contribution in [0.15, 0.2) is 210 Å². The molecule has 5 saturated heterocycles. The van der Waals surface area contributed by atoms with Gasteiger partial charge in [-0.25, -0.2) is 0 Å². The van der Waals surface area contributed by atoms with Gasteiger partial charge in [0.05, 0.1) is 130 Å². The van der Waals surface area contributed by atoms with Crippen LogP contribution in [0.5, 0.6) is 0 Å². The van der Waals surface area contributed by atoms with Crippen molar-refractivity contribution in [3.05, 3.63) is 271 Å². The van der Waals surface area contributed by atoms with Crippen molar-refractivity contribution in [1.29, 1.82) is 31.6 Å². The molecule has 0 spiro atoms. The normalized spacial score (nSPS) is 20.5. The monoisotopic (exact) mass is 1810 g/mol. The molecule has 126 heavy (non-hydrogen) atoms. The van der Waals surface area contributed by atoms with Crippen LogP contribution < -0.4 is 37.2 Å². The van der Waals surface area contributed by atoms with E-state index in [4.69, 9.17) is 0 Å². The number of nitrogens with one attached hydrogen (secondary N) is 12. The van der Waals surface area contributed by atoms with Gasteiger partial charge in [-0.15, -0.1) is 74.4 Å². The highest BCUT2D eigenvalue weighted by Crippen LogP contribution is 2.50. The minimum atomic E-state index is -0.263. The first kappa shape index (κ1) is 96.3. The Labute approximate surface area is 770 Å². The van der Waals surface area contributed by atoms with Crippen molar-refractivity contribution in [3.8, 4) is 36.4 Å². The summed E-state index contributed by atoms with van der Waals surface area (Å²) < 4.78 is 0.